The second-order valence-electron chi connectivity index (χ2n) is 6.69. The minimum Gasteiger partial charge on any atom is -0.458 e. The number of nitrogens with two attached hydrogens (primary N) is 1. The molecule has 10 heteroatoms. The molecular formula is C16H20N4O6. The summed E-state index contributed by atoms with van der Waals surface area (Å²) in [5.74, 6) is -0.991. The lowest BCUT2D eigenvalue weighted by molar-refractivity contribution is -0.206. The van der Waals surface area contributed by atoms with Gasteiger partial charge in [0.2, 0.25) is 0 Å². The first-order valence-electron chi connectivity index (χ1n) is 8.12. The van der Waals surface area contributed by atoms with Crippen molar-refractivity contribution in [2.45, 2.75) is 44.1 Å². The first kappa shape index (κ1) is 17.2. The monoisotopic (exact) mass is 364 g/mol. The summed E-state index contributed by atoms with van der Waals surface area (Å²) in [6, 6.07) is 0. The van der Waals surface area contributed by atoms with Crippen LogP contribution in [-0.2, 0) is 23.8 Å². The Labute approximate surface area is 149 Å². The Hall–Kier alpha value is -2.27. The summed E-state index contributed by atoms with van der Waals surface area (Å²) in [5, 5.41) is 1.10. The number of hydroxylamine groups is 2. The SMILES string of the molecule is CON(C)C(=O)C1OC(c2coc3c(N)ncnc23)C2OC(C)(C)OC12. The molecule has 0 aliphatic carbocycles. The molecule has 2 aliphatic heterocycles. The minimum atomic E-state index is -0.888. The van der Waals surface area contributed by atoms with Crippen LogP contribution in [0, 0.1) is 0 Å². The lowest BCUT2D eigenvalue weighted by Crippen LogP contribution is -2.43. The Bertz CT molecular complexity index is 852. The van der Waals surface area contributed by atoms with Gasteiger partial charge in [0.25, 0.3) is 5.91 Å². The average molecular weight is 364 g/mol. The predicted molar refractivity (Wildman–Crippen MR) is 87.4 cm³/mol. The highest BCUT2D eigenvalue weighted by Gasteiger charge is 2.59. The first-order valence-corrected chi connectivity index (χ1v) is 8.12. The van der Waals surface area contributed by atoms with Gasteiger partial charge >= 0.3 is 0 Å². The van der Waals surface area contributed by atoms with Gasteiger partial charge in [-0.2, -0.15) is 0 Å². The second-order valence-corrected chi connectivity index (χ2v) is 6.69. The molecule has 2 aliphatic rings. The van der Waals surface area contributed by atoms with Crippen molar-refractivity contribution in [2.75, 3.05) is 19.9 Å². The summed E-state index contributed by atoms with van der Waals surface area (Å²) in [6.45, 7) is 3.58. The number of rotatable bonds is 3. The van der Waals surface area contributed by atoms with E-state index in [1.807, 2.05) is 0 Å². The zero-order valence-electron chi connectivity index (χ0n) is 14.8. The standard InChI is InChI=1S/C16H20N4O6/c1-16(2)25-11-9(7-5-23-10-8(7)18-6-19-14(10)17)24-13(12(11)26-16)15(21)20(3)22-4/h5-6,9,11-13H,1-4H3,(H2,17,18,19). The first-order chi connectivity index (χ1) is 12.3. The molecular weight excluding hydrogens is 344 g/mol. The van der Waals surface area contributed by atoms with Crippen LogP contribution in [0.4, 0.5) is 5.82 Å². The summed E-state index contributed by atoms with van der Waals surface area (Å²) < 4.78 is 23.5. The van der Waals surface area contributed by atoms with E-state index < -0.39 is 30.2 Å². The smallest absolute Gasteiger partial charge is 0.277 e. The van der Waals surface area contributed by atoms with Crippen LogP contribution in [0.2, 0.25) is 0 Å². The molecule has 10 nitrogen and oxygen atoms in total. The number of anilines is 1. The fraction of sp³-hybridized carbons (Fsp3) is 0.562. The minimum absolute atomic E-state index is 0.228. The molecule has 2 aromatic heterocycles. The summed E-state index contributed by atoms with van der Waals surface area (Å²) in [6.07, 6.45) is 0.238. The van der Waals surface area contributed by atoms with E-state index in [4.69, 9.17) is 29.2 Å². The molecule has 2 fully saturated rings. The summed E-state index contributed by atoms with van der Waals surface area (Å²) in [4.78, 5) is 25.8. The maximum atomic E-state index is 12.6. The molecule has 0 aromatic carbocycles. The van der Waals surface area contributed by atoms with Crippen LogP contribution in [0.15, 0.2) is 17.0 Å². The number of nitrogen functional groups attached to an aromatic ring is 1. The van der Waals surface area contributed by atoms with Crippen LogP contribution < -0.4 is 5.73 Å². The molecule has 0 saturated carbocycles. The topological polar surface area (TPSA) is 122 Å². The molecule has 4 atom stereocenters. The van der Waals surface area contributed by atoms with Crippen molar-refractivity contribution >= 4 is 22.8 Å². The summed E-state index contributed by atoms with van der Waals surface area (Å²) in [7, 11) is 2.91. The van der Waals surface area contributed by atoms with Gasteiger partial charge in [0.05, 0.1) is 13.4 Å². The van der Waals surface area contributed by atoms with Gasteiger partial charge in [-0.05, 0) is 13.8 Å². The lowest BCUT2D eigenvalue weighted by atomic mass is 10.0. The lowest BCUT2D eigenvalue weighted by Gasteiger charge is -2.25. The predicted octanol–water partition coefficient (Wildman–Crippen LogP) is 0.785. The number of ether oxygens (including phenoxy) is 3. The maximum absolute atomic E-state index is 12.6. The molecule has 4 rings (SSSR count). The molecule has 0 bridgehead atoms. The quantitative estimate of drug-likeness (QED) is 0.787. The van der Waals surface area contributed by atoms with Gasteiger partial charge in [0.1, 0.15) is 30.2 Å². The van der Waals surface area contributed by atoms with Crippen LogP contribution in [-0.4, -0.2) is 59.2 Å². The van der Waals surface area contributed by atoms with E-state index in [2.05, 4.69) is 9.97 Å². The third-order valence-corrected chi connectivity index (χ3v) is 4.60. The number of carbonyl (C=O) groups excluding carboxylic acids is 1. The average Bonchev–Trinajstić information content (AvgIpc) is 3.24. The number of hydrogen-bond donors (Lipinski definition) is 1. The van der Waals surface area contributed by atoms with E-state index in [9.17, 15) is 4.79 Å². The molecule has 4 unspecified atom stereocenters. The fourth-order valence-electron chi connectivity index (χ4n) is 3.41. The van der Waals surface area contributed by atoms with Crippen molar-refractivity contribution < 1.29 is 28.3 Å². The Balaban J connectivity index is 1.74. The Morgan fingerprint density at radius 2 is 2.04 bits per heavy atom. The molecule has 0 radical (unpaired) electrons. The summed E-state index contributed by atoms with van der Waals surface area (Å²) in [5.41, 5.74) is 7.34. The van der Waals surface area contributed by atoms with Gasteiger partial charge in [0, 0.05) is 12.6 Å². The van der Waals surface area contributed by atoms with Crippen LogP contribution >= 0.6 is 0 Å². The van der Waals surface area contributed by atoms with Gasteiger partial charge in [0.15, 0.2) is 23.3 Å². The number of nitrogens with zero attached hydrogens (tertiary/aromatic N) is 3. The van der Waals surface area contributed by atoms with E-state index in [0.29, 0.717) is 16.7 Å². The molecule has 2 aromatic rings. The van der Waals surface area contributed by atoms with Gasteiger partial charge in [-0.3, -0.25) is 9.63 Å². The van der Waals surface area contributed by atoms with Crippen LogP contribution in [0.25, 0.3) is 11.1 Å². The molecule has 2 N–H and O–H groups in total. The van der Waals surface area contributed by atoms with Crippen molar-refractivity contribution in [3.63, 3.8) is 0 Å². The van der Waals surface area contributed by atoms with E-state index in [-0.39, 0.29) is 11.7 Å². The molecule has 2 saturated heterocycles. The Morgan fingerprint density at radius 3 is 2.77 bits per heavy atom. The zero-order valence-corrected chi connectivity index (χ0v) is 14.8. The number of hydrogen-bond acceptors (Lipinski definition) is 9. The van der Waals surface area contributed by atoms with Crippen LogP contribution in [0.1, 0.15) is 25.5 Å². The highest BCUT2D eigenvalue weighted by molar-refractivity contribution is 5.85. The van der Waals surface area contributed by atoms with Crippen LogP contribution in [0.3, 0.4) is 0 Å². The van der Waals surface area contributed by atoms with E-state index in [0.717, 1.165) is 5.06 Å². The number of furan rings is 1. The Kier molecular flexibility index (Phi) is 3.88. The van der Waals surface area contributed by atoms with Crippen molar-refractivity contribution in [3.05, 3.63) is 18.2 Å². The van der Waals surface area contributed by atoms with Gasteiger partial charge in [-0.25, -0.2) is 15.0 Å². The third kappa shape index (κ3) is 2.53. The number of amides is 1. The molecule has 26 heavy (non-hydrogen) atoms. The van der Waals surface area contributed by atoms with Gasteiger partial charge < -0.3 is 24.4 Å². The maximum Gasteiger partial charge on any atom is 0.277 e. The zero-order chi connectivity index (χ0) is 18.6. The molecule has 1 amide bonds. The van der Waals surface area contributed by atoms with Crippen molar-refractivity contribution in [3.8, 4) is 0 Å². The highest BCUT2D eigenvalue weighted by Crippen LogP contribution is 2.47. The summed E-state index contributed by atoms with van der Waals surface area (Å²) >= 11 is 0. The Morgan fingerprint density at radius 1 is 1.31 bits per heavy atom. The largest absolute Gasteiger partial charge is 0.458 e. The van der Waals surface area contributed by atoms with E-state index in [1.165, 1.54) is 26.7 Å². The third-order valence-electron chi connectivity index (χ3n) is 4.60. The van der Waals surface area contributed by atoms with Crippen molar-refractivity contribution in [1.29, 1.82) is 0 Å². The number of carbonyl (C=O) groups is 1. The normalized spacial score (nSPS) is 29.8. The van der Waals surface area contributed by atoms with Crippen molar-refractivity contribution in [2.24, 2.45) is 0 Å². The number of fused-ring (bicyclic) bond motifs is 2. The van der Waals surface area contributed by atoms with E-state index >= 15 is 0 Å². The second kappa shape index (κ2) is 5.88. The molecule has 140 valence electrons. The van der Waals surface area contributed by atoms with Gasteiger partial charge in [-0.1, -0.05) is 0 Å². The fourth-order valence-corrected chi connectivity index (χ4v) is 3.41. The van der Waals surface area contributed by atoms with Crippen LogP contribution in [0.5, 0.6) is 0 Å². The molecule has 0 spiro atoms. The highest BCUT2D eigenvalue weighted by atomic mass is 16.8. The number of likely N-dealkylation sites (N-methyl/N-ethyl adjacent to an activating group) is 1. The van der Waals surface area contributed by atoms with Gasteiger partial charge in [-0.15, -0.1) is 0 Å². The molecule has 4 heterocycles. The number of aromatic nitrogens is 2. The van der Waals surface area contributed by atoms with E-state index in [1.54, 1.807) is 13.8 Å². The van der Waals surface area contributed by atoms with Crippen molar-refractivity contribution in [1.82, 2.24) is 15.0 Å².